The number of amides is 1. The summed E-state index contributed by atoms with van der Waals surface area (Å²) in [6, 6.07) is 4.54. The van der Waals surface area contributed by atoms with Gasteiger partial charge in [-0.2, -0.15) is 0 Å². The summed E-state index contributed by atoms with van der Waals surface area (Å²) >= 11 is 3.29. The van der Waals surface area contributed by atoms with Crippen molar-refractivity contribution in [2.45, 2.75) is 56.1 Å². The van der Waals surface area contributed by atoms with E-state index in [1.54, 1.807) is 23.1 Å². The van der Waals surface area contributed by atoms with Gasteiger partial charge < -0.3 is 9.88 Å². The maximum atomic E-state index is 11.9. The van der Waals surface area contributed by atoms with Gasteiger partial charge in [-0.1, -0.05) is 30.7 Å². The molecule has 0 unspecified atom stereocenters. The number of aromatic nitrogens is 3. The number of rotatable bonds is 8. The molecular weight excluding hydrogens is 340 g/mol. The summed E-state index contributed by atoms with van der Waals surface area (Å²) in [4.78, 5) is 13.0. The van der Waals surface area contributed by atoms with E-state index in [2.05, 4.69) is 26.3 Å². The molecule has 2 aromatic heterocycles. The Kier molecular flexibility index (Phi) is 6.31. The average Bonchev–Trinajstić information content (AvgIpc) is 3.32. The molecule has 1 saturated carbocycles. The largest absolute Gasteiger partial charge is 0.356 e. The standard InChI is InChI=1S/C17H24N4OS2/c1-23-17-20-19-15(21(17)13-6-2-3-7-13)9-4-10-18-16(22)12-14-8-5-11-24-14/h5,8,11,13H,2-4,6-7,9-10,12H2,1H3,(H,18,22). The third-order valence-corrected chi connectivity index (χ3v) is 5.94. The normalized spacial score (nSPS) is 15.0. The van der Waals surface area contributed by atoms with Crippen molar-refractivity contribution in [2.75, 3.05) is 12.8 Å². The first kappa shape index (κ1) is 17.5. The molecule has 0 aliphatic heterocycles. The van der Waals surface area contributed by atoms with E-state index in [-0.39, 0.29) is 5.91 Å². The minimum absolute atomic E-state index is 0.0968. The number of thiophene rings is 1. The van der Waals surface area contributed by atoms with Gasteiger partial charge in [0.05, 0.1) is 6.42 Å². The van der Waals surface area contributed by atoms with Crippen molar-refractivity contribution in [3.05, 3.63) is 28.2 Å². The molecule has 0 radical (unpaired) electrons. The number of carbonyl (C=O) groups excluding carboxylic acids is 1. The second kappa shape index (κ2) is 8.67. The van der Waals surface area contributed by atoms with Crippen molar-refractivity contribution < 1.29 is 4.79 Å². The fraction of sp³-hybridized carbons (Fsp3) is 0.588. The van der Waals surface area contributed by atoms with Gasteiger partial charge in [-0.25, -0.2) is 0 Å². The Bertz CT molecular complexity index is 648. The van der Waals surface area contributed by atoms with Crippen LogP contribution in [0.4, 0.5) is 0 Å². The lowest BCUT2D eigenvalue weighted by Gasteiger charge is -2.16. The summed E-state index contributed by atoms with van der Waals surface area (Å²) in [5.74, 6) is 1.17. The molecule has 0 aromatic carbocycles. The van der Waals surface area contributed by atoms with Crippen LogP contribution in [0, 0.1) is 0 Å². The Hall–Kier alpha value is -1.34. The maximum Gasteiger partial charge on any atom is 0.225 e. The van der Waals surface area contributed by atoms with Crippen LogP contribution in [0.2, 0.25) is 0 Å². The third-order valence-electron chi connectivity index (χ3n) is 4.42. The van der Waals surface area contributed by atoms with Crippen LogP contribution >= 0.6 is 23.1 Å². The molecule has 0 saturated heterocycles. The zero-order valence-corrected chi connectivity index (χ0v) is 15.7. The molecule has 0 spiro atoms. The van der Waals surface area contributed by atoms with Crippen LogP contribution in [-0.4, -0.2) is 33.5 Å². The third kappa shape index (κ3) is 4.39. The Morgan fingerprint density at radius 2 is 2.25 bits per heavy atom. The number of nitrogens with zero attached hydrogens (tertiary/aromatic N) is 3. The maximum absolute atomic E-state index is 11.9. The highest BCUT2D eigenvalue weighted by Gasteiger charge is 2.23. The van der Waals surface area contributed by atoms with Gasteiger partial charge in [-0.15, -0.1) is 21.5 Å². The minimum Gasteiger partial charge on any atom is -0.356 e. The number of thioether (sulfide) groups is 1. The molecule has 130 valence electrons. The number of carbonyl (C=O) groups is 1. The molecule has 24 heavy (non-hydrogen) atoms. The monoisotopic (exact) mass is 364 g/mol. The van der Waals surface area contributed by atoms with E-state index in [4.69, 9.17) is 0 Å². The minimum atomic E-state index is 0.0968. The van der Waals surface area contributed by atoms with Crippen LogP contribution in [0.25, 0.3) is 0 Å². The first-order valence-corrected chi connectivity index (χ1v) is 10.6. The van der Waals surface area contributed by atoms with Gasteiger partial charge in [0.25, 0.3) is 0 Å². The lowest BCUT2D eigenvalue weighted by atomic mass is 10.2. The van der Waals surface area contributed by atoms with Crippen molar-refractivity contribution in [1.82, 2.24) is 20.1 Å². The number of hydrogen-bond donors (Lipinski definition) is 1. The average molecular weight is 365 g/mol. The van der Waals surface area contributed by atoms with E-state index in [1.807, 2.05) is 17.5 Å². The quantitative estimate of drug-likeness (QED) is 0.575. The summed E-state index contributed by atoms with van der Waals surface area (Å²) in [5.41, 5.74) is 0. The zero-order valence-electron chi connectivity index (χ0n) is 14.0. The molecule has 2 heterocycles. The molecule has 1 fully saturated rings. The van der Waals surface area contributed by atoms with Crippen LogP contribution in [-0.2, 0) is 17.6 Å². The Morgan fingerprint density at radius 3 is 2.96 bits per heavy atom. The van der Waals surface area contributed by atoms with Gasteiger partial charge in [-0.05, 0) is 37.0 Å². The molecule has 7 heteroatoms. The van der Waals surface area contributed by atoms with Crippen molar-refractivity contribution in [3.63, 3.8) is 0 Å². The molecule has 0 bridgehead atoms. The Morgan fingerprint density at radius 1 is 1.42 bits per heavy atom. The Balaban J connectivity index is 1.48. The molecule has 1 aliphatic rings. The summed E-state index contributed by atoms with van der Waals surface area (Å²) < 4.78 is 2.34. The van der Waals surface area contributed by atoms with Gasteiger partial charge in [0.15, 0.2) is 5.16 Å². The first-order valence-electron chi connectivity index (χ1n) is 8.55. The highest BCUT2D eigenvalue weighted by Crippen LogP contribution is 2.33. The van der Waals surface area contributed by atoms with Gasteiger partial charge in [0.2, 0.25) is 5.91 Å². The summed E-state index contributed by atoms with van der Waals surface area (Å²) in [5, 5.41) is 14.8. The second-order valence-corrected chi connectivity index (χ2v) is 7.93. The fourth-order valence-corrected chi connectivity index (χ4v) is 4.53. The van der Waals surface area contributed by atoms with E-state index >= 15 is 0 Å². The van der Waals surface area contributed by atoms with E-state index < -0.39 is 0 Å². The van der Waals surface area contributed by atoms with Crippen molar-refractivity contribution in [3.8, 4) is 0 Å². The predicted octanol–water partition coefficient (Wildman–Crippen LogP) is 3.47. The Labute approximate surface area is 151 Å². The van der Waals surface area contributed by atoms with E-state index in [9.17, 15) is 4.79 Å². The molecule has 0 atom stereocenters. The highest BCUT2D eigenvalue weighted by molar-refractivity contribution is 7.98. The van der Waals surface area contributed by atoms with E-state index in [1.165, 1.54) is 25.7 Å². The lowest BCUT2D eigenvalue weighted by molar-refractivity contribution is -0.120. The lowest BCUT2D eigenvalue weighted by Crippen LogP contribution is -2.26. The molecule has 1 N–H and O–H groups in total. The second-order valence-electron chi connectivity index (χ2n) is 6.12. The predicted molar refractivity (Wildman–Crippen MR) is 98.7 cm³/mol. The van der Waals surface area contributed by atoms with Gasteiger partial charge in [0, 0.05) is 23.9 Å². The fourth-order valence-electron chi connectivity index (χ4n) is 3.25. The summed E-state index contributed by atoms with van der Waals surface area (Å²) in [7, 11) is 0. The van der Waals surface area contributed by atoms with Crippen molar-refractivity contribution >= 4 is 29.0 Å². The van der Waals surface area contributed by atoms with Gasteiger partial charge in [-0.3, -0.25) is 4.79 Å². The first-order chi connectivity index (χ1) is 11.8. The van der Waals surface area contributed by atoms with Gasteiger partial charge >= 0.3 is 0 Å². The van der Waals surface area contributed by atoms with Crippen LogP contribution in [0.1, 0.15) is 48.8 Å². The zero-order chi connectivity index (χ0) is 16.8. The summed E-state index contributed by atoms with van der Waals surface area (Å²) in [6.45, 7) is 0.691. The number of aryl methyl sites for hydroxylation is 1. The summed E-state index contributed by atoms with van der Waals surface area (Å²) in [6.07, 6.45) is 9.37. The van der Waals surface area contributed by atoms with E-state index in [0.29, 0.717) is 19.0 Å². The molecule has 3 rings (SSSR count). The smallest absolute Gasteiger partial charge is 0.225 e. The van der Waals surface area contributed by atoms with E-state index in [0.717, 1.165) is 28.7 Å². The molecule has 1 amide bonds. The van der Waals surface area contributed by atoms with Crippen LogP contribution < -0.4 is 5.32 Å². The molecule has 1 aliphatic carbocycles. The van der Waals surface area contributed by atoms with Crippen LogP contribution in [0.15, 0.2) is 22.7 Å². The van der Waals surface area contributed by atoms with Crippen LogP contribution in [0.3, 0.4) is 0 Å². The van der Waals surface area contributed by atoms with Crippen molar-refractivity contribution in [2.24, 2.45) is 0 Å². The highest BCUT2D eigenvalue weighted by atomic mass is 32.2. The van der Waals surface area contributed by atoms with Crippen molar-refractivity contribution in [1.29, 1.82) is 0 Å². The van der Waals surface area contributed by atoms with Crippen LogP contribution in [0.5, 0.6) is 0 Å². The topological polar surface area (TPSA) is 59.8 Å². The molecule has 2 aromatic rings. The van der Waals surface area contributed by atoms with Gasteiger partial charge in [0.1, 0.15) is 5.82 Å². The SMILES string of the molecule is CSc1nnc(CCCNC(=O)Cc2cccs2)n1C1CCCC1. The molecular formula is C17H24N4OS2. The number of hydrogen-bond acceptors (Lipinski definition) is 5. The number of nitrogens with one attached hydrogen (secondary N) is 1. The molecule has 5 nitrogen and oxygen atoms in total.